The Kier molecular flexibility index (Phi) is 5.89. The lowest BCUT2D eigenvalue weighted by Gasteiger charge is -2.41. The number of amides is 1. The number of carbonyl (C=O) groups excluding carboxylic acids is 1. The average molecular weight is 457 g/mol. The smallest absolute Gasteiger partial charge is 0.230 e. The van der Waals surface area contributed by atoms with Gasteiger partial charge < -0.3 is 14.9 Å². The third-order valence-electron chi connectivity index (χ3n) is 6.65. The number of sulfonamides is 1. The summed E-state index contributed by atoms with van der Waals surface area (Å²) in [5.74, 6) is 0.807. The van der Waals surface area contributed by atoms with Crippen molar-refractivity contribution in [3.8, 4) is 0 Å². The van der Waals surface area contributed by atoms with Crippen molar-refractivity contribution in [2.24, 2.45) is 5.41 Å². The second-order valence-corrected chi connectivity index (χ2v) is 11.1. The predicted molar refractivity (Wildman–Crippen MR) is 116 cm³/mol. The fourth-order valence-electron chi connectivity index (χ4n) is 5.19. The number of nitrogens with one attached hydrogen (secondary N) is 1. The lowest BCUT2D eigenvalue weighted by molar-refractivity contribution is -0.139. The molecule has 166 valence electrons. The quantitative estimate of drug-likeness (QED) is 0.720. The molecule has 0 radical (unpaired) electrons. The van der Waals surface area contributed by atoms with Crippen molar-refractivity contribution >= 4 is 39.0 Å². The van der Waals surface area contributed by atoms with Crippen molar-refractivity contribution < 1.29 is 18.3 Å². The minimum atomic E-state index is -3.41. The van der Waals surface area contributed by atoms with Gasteiger partial charge in [0.25, 0.3) is 0 Å². The average Bonchev–Trinajstić information content (AvgIpc) is 2.97. The van der Waals surface area contributed by atoms with Gasteiger partial charge in [-0.3, -0.25) is 9.52 Å². The van der Waals surface area contributed by atoms with Crippen LogP contribution < -0.4 is 9.62 Å². The van der Waals surface area contributed by atoms with Gasteiger partial charge in [0, 0.05) is 25.7 Å². The van der Waals surface area contributed by atoms with E-state index >= 15 is 0 Å². The molecule has 4 rings (SSSR count). The van der Waals surface area contributed by atoms with Gasteiger partial charge in [-0.2, -0.15) is 0 Å². The predicted octanol–water partition coefficient (Wildman–Crippen LogP) is 2.23. The normalized spacial score (nSPS) is 30.2. The minimum absolute atomic E-state index is 0.222. The Morgan fingerprint density at radius 3 is 2.63 bits per heavy atom. The first-order valence-corrected chi connectivity index (χ1v) is 12.8. The number of nitrogens with zero attached hydrogens (tertiary/aromatic N) is 3. The van der Waals surface area contributed by atoms with Crippen molar-refractivity contribution in [1.82, 2.24) is 9.88 Å². The monoisotopic (exact) mass is 456 g/mol. The number of anilines is 2. The van der Waals surface area contributed by atoms with Crippen molar-refractivity contribution in [3.05, 3.63) is 17.3 Å². The molecule has 0 bridgehead atoms. The maximum absolute atomic E-state index is 13.4. The number of carbonyl (C=O) groups is 1. The number of hydrogen-bond acceptors (Lipinski definition) is 6. The molecule has 1 aliphatic carbocycles. The van der Waals surface area contributed by atoms with Gasteiger partial charge in [0.05, 0.1) is 34.7 Å². The lowest BCUT2D eigenvalue weighted by atomic mass is 9.78. The summed E-state index contributed by atoms with van der Waals surface area (Å²) < 4.78 is 25.3. The van der Waals surface area contributed by atoms with Crippen LogP contribution in [-0.4, -0.2) is 67.4 Å². The molecule has 0 unspecified atom stereocenters. The molecule has 2 aliphatic heterocycles. The van der Waals surface area contributed by atoms with Crippen LogP contribution in [0.15, 0.2) is 12.3 Å². The molecule has 3 aliphatic rings. The summed E-state index contributed by atoms with van der Waals surface area (Å²) >= 11 is 6.43. The fourth-order valence-corrected chi connectivity index (χ4v) is 6.02. The SMILES string of the molecule is CS(=O)(=O)Nc1cnc(N2CCC[C@@]3(CCN([C@H]4CC[C@H](O)CC4)C3=O)C2)c(Cl)c1. The fraction of sp³-hybridized carbons (Fsp3) is 0.700. The molecule has 3 fully saturated rings. The van der Waals surface area contributed by atoms with Crippen LogP contribution in [0.2, 0.25) is 5.02 Å². The highest BCUT2D eigenvalue weighted by molar-refractivity contribution is 7.92. The van der Waals surface area contributed by atoms with E-state index in [0.717, 1.165) is 64.3 Å². The van der Waals surface area contributed by atoms with Crippen LogP contribution in [0.3, 0.4) is 0 Å². The number of halogens is 1. The summed E-state index contributed by atoms with van der Waals surface area (Å²) in [7, 11) is -3.41. The maximum atomic E-state index is 13.4. The molecule has 2 N–H and O–H groups in total. The molecule has 2 saturated heterocycles. The molecular formula is C20H29ClN4O4S. The summed E-state index contributed by atoms with van der Waals surface area (Å²) in [4.78, 5) is 21.9. The van der Waals surface area contributed by atoms with E-state index in [-0.39, 0.29) is 18.1 Å². The van der Waals surface area contributed by atoms with E-state index in [1.165, 1.54) is 6.20 Å². The molecule has 1 saturated carbocycles. The molecule has 1 amide bonds. The lowest BCUT2D eigenvalue weighted by Crippen LogP contribution is -2.50. The summed E-state index contributed by atoms with van der Waals surface area (Å²) in [6.07, 6.45) is 8.14. The van der Waals surface area contributed by atoms with Gasteiger partial charge in [-0.15, -0.1) is 0 Å². The first kappa shape index (κ1) is 21.6. The Labute approximate surface area is 182 Å². The van der Waals surface area contributed by atoms with Gasteiger partial charge in [-0.05, 0) is 51.0 Å². The van der Waals surface area contributed by atoms with Crippen LogP contribution in [0.4, 0.5) is 11.5 Å². The molecule has 8 nitrogen and oxygen atoms in total. The van der Waals surface area contributed by atoms with Gasteiger partial charge in [0.1, 0.15) is 5.82 Å². The van der Waals surface area contributed by atoms with Crippen molar-refractivity contribution in [1.29, 1.82) is 0 Å². The molecular weight excluding hydrogens is 428 g/mol. The Bertz CT molecular complexity index is 919. The van der Waals surface area contributed by atoms with Crippen LogP contribution in [0, 0.1) is 5.41 Å². The topological polar surface area (TPSA) is 103 Å². The zero-order chi connectivity index (χ0) is 21.5. The van der Waals surface area contributed by atoms with Gasteiger partial charge in [-0.1, -0.05) is 11.6 Å². The highest BCUT2D eigenvalue weighted by atomic mass is 35.5. The van der Waals surface area contributed by atoms with Crippen LogP contribution in [0.1, 0.15) is 44.9 Å². The third kappa shape index (κ3) is 4.38. The molecule has 3 heterocycles. The maximum Gasteiger partial charge on any atom is 0.230 e. The number of piperidine rings is 1. The van der Waals surface area contributed by atoms with Gasteiger partial charge in [-0.25, -0.2) is 13.4 Å². The molecule has 1 aromatic rings. The number of pyridine rings is 1. The Hall–Kier alpha value is -1.58. The van der Waals surface area contributed by atoms with Crippen molar-refractivity contribution in [2.45, 2.75) is 57.1 Å². The third-order valence-corrected chi connectivity index (χ3v) is 7.54. The largest absolute Gasteiger partial charge is 0.393 e. The summed E-state index contributed by atoms with van der Waals surface area (Å²) in [5, 5.41) is 10.1. The molecule has 30 heavy (non-hydrogen) atoms. The Balaban J connectivity index is 1.49. The molecule has 1 aromatic heterocycles. The molecule has 10 heteroatoms. The Morgan fingerprint density at radius 2 is 1.97 bits per heavy atom. The van der Waals surface area contributed by atoms with E-state index in [4.69, 9.17) is 11.6 Å². The van der Waals surface area contributed by atoms with E-state index < -0.39 is 15.4 Å². The summed E-state index contributed by atoms with van der Waals surface area (Å²) in [6.45, 7) is 2.10. The van der Waals surface area contributed by atoms with Gasteiger partial charge in [0.2, 0.25) is 15.9 Å². The zero-order valence-corrected chi connectivity index (χ0v) is 18.8. The number of likely N-dealkylation sites (tertiary alicyclic amines) is 1. The number of aliphatic hydroxyl groups is 1. The summed E-state index contributed by atoms with van der Waals surface area (Å²) in [6, 6.07) is 1.79. The number of rotatable bonds is 4. The van der Waals surface area contributed by atoms with Crippen molar-refractivity contribution in [2.75, 3.05) is 35.5 Å². The van der Waals surface area contributed by atoms with Crippen LogP contribution in [-0.2, 0) is 14.8 Å². The van der Waals surface area contributed by atoms with Gasteiger partial charge in [0.15, 0.2) is 0 Å². The second-order valence-electron chi connectivity index (χ2n) is 8.92. The van der Waals surface area contributed by atoms with Crippen LogP contribution in [0.5, 0.6) is 0 Å². The molecule has 1 spiro atoms. The highest BCUT2D eigenvalue weighted by Gasteiger charge is 2.51. The highest BCUT2D eigenvalue weighted by Crippen LogP contribution is 2.44. The Morgan fingerprint density at radius 1 is 1.23 bits per heavy atom. The summed E-state index contributed by atoms with van der Waals surface area (Å²) in [5.41, 5.74) is -0.0937. The first-order valence-electron chi connectivity index (χ1n) is 10.5. The number of aromatic nitrogens is 1. The first-order chi connectivity index (χ1) is 14.2. The minimum Gasteiger partial charge on any atom is -0.393 e. The van der Waals surface area contributed by atoms with E-state index in [9.17, 15) is 18.3 Å². The van der Waals surface area contributed by atoms with E-state index in [0.29, 0.717) is 23.1 Å². The standard InChI is InChI=1S/C20H29ClN4O4S/c1-30(28,29)23-14-11-17(21)18(22-12-14)24-9-2-7-20(13-24)8-10-25(19(20)27)15-3-5-16(26)6-4-15/h11-12,15-16,23,26H,2-10,13H2,1H3/t15-,16-,20-/m1/s1. The van der Waals surface area contributed by atoms with Crippen LogP contribution >= 0.6 is 11.6 Å². The number of aliphatic hydroxyl groups excluding tert-OH is 1. The second kappa shape index (κ2) is 8.16. The zero-order valence-electron chi connectivity index (χ0n) is 17.2. The van der Waals surface area contributed by atoms with E-state index in [1.807, 2.05) is 4.90 Å². The van der Waals surface area contributed by atoms with Crippen LogP contribution in [0.25, 0.3) is 0 Å². The number of hydrogen-bond donors (Lipinski definition) is 2. The van der Waals surface area contributed by atoms with Crippen molar-refractivity contribution in [3.63, 3.8) is 0 Å². The van der Waals surface area contributed by atoms with E-state index in [2.05, 4.69) is 14.6 Å². The molecule has 0 aromatic carbocycles. The molecule has 1 atom stereocenters. The van der Waals surface area contributed by atoms with E-state index in [1.54, 1.807) is 6.07 Å². The van der Waals surface area contributed by atoms with Gasteiger partial charge >= 0.3 is 0 Å².